The molecule has 1 amide bonds. The minimum atomic E-state index is -3.61. The van der Waals surface area contributed by atoms with E-state index in [-0.39, 0.29) is 16.7 Å². The fourth-order valence-electron chi connectivity index (χ4n) is 4.24. The molecule has 7 nitrogen and oxygen atoms in total. The molecule has 34 heavy (non-hydrogen) atoms. The normalized spacial score (nSPS) is 15.4. The summed E-state index contributed by atoms with van der Waals surface area (Å²) in [5.74, 6) is 0.900. The van der Waals surface area contributed by atoms with Crippen molar-refractivity contribution >= 4 is 55.2 Å². The van der Waals surface area contributed by atoms with E-state index in [1.807, 2.05) is 42.5 Å². The van der Waals surface area contributed by atoms with Crippen LogP contribution in [0.4, 0.5) is 5.69 Å². The smallest absolute Gasteiger partial charge is 0.256 e. The van der Waals surface area contributed by atoms with E-state index in [1.165, 1.54) is 4.31 Å². The summed E-state index contributed by atoms with van der Waals surface area (Å²) in [6.07, 6.45) is 1.42. The Hall–Kier alpha value is -2.76. The van der Waals surface area contributed by atoms with Gasteiger partial charge in [-0.3, -0.25) is 4.79 Å². The van der Waals surface area contributed by atoms with Crippen molar-refractivity contribution in [3.63, 3.8) is 0 Å². The van der Waals surface area contributed by atoms with Crippen molar-refractivity contribution in [2.75, 3.05) is 18.4 Å². The fourth-order valence-corrected chi connectivity index (χ4v) is 6.34. The van der Waals surface area contributed by atoms with Crippen LogP contribution in [0.1, 0.15) is 34.9 Å². The zero-order valence-corrected chi connectivity index (χ0v) is 21.2. The first-order valence-electron chi connectivity index (χ1n) is 11.0. The molecule has 2 heterocycles. The number of rotatable bonds is 5. The molecule has 0 aliphatic carbocycles. The molecule has 1 aliphatic heterocycles. The number of carbonyl (C=O) groups excluding carboxylic acids is 1. The Morgan fingerprint density at radius 3 is 2.35 bits per heavy atom. The number of piperidine rings is 1. The van der Waals surface area contributed by atoms with E-state index < -0.39 is 10.0 Å². The van der Waals surface area contributed by atoms with Gasteiger partial charge in [0.25, 0.3) is 5.91 Å². The van der Waals surface area contributed by atoms with Crippen LogP contribution >= 0.6 is 22.6 Å². The Balaban J connectivity index is 1.24. The quantitative estimate of drug-likeness (QED) is 0.323. The minimum Gasteiger partial charge on any atom is -0.342 e. The largest absolute Gasteiger partial charge is 0.342 e. The average Bonchev–Trinajstić information content (AvgIpc) is 3.29. The summed E-state index contributed by atoms with van der Waals surface area (Å²) in [7, 11) is -3.61. The Labute approximate surface area is 211 Å². The van der Waals surface area contributed by atoms with Gasteiger partial charge in [-0.25, -0.2) is 13.4 Å². The molecule has 1 saturated heterocycles. The number of aromatic nitrogens is 2. The van der Waals surface area contributed by atoms with Crippen molar-refractivity contribution in [3.8, 4) is 0 Å². The topological polar surface area (TPSA) is 95.2 Å². The van der Waals surface area contributed by atoms with Crippen molar-refractivity contribution < 1.29 is 13.2 Å². The second kappa shape index (κ2) is 9.47. The van der Waals surface area contributed by atoms with Gasteiger partial charge in [0, 0.05) is 28.3 Å². The molecule has 174 valence electrons. The standard InChI is InChI=1S/C25H23IN4O3S/c26-21-6-2-1-5-20(21)25(31)27-18-9-11-19(12-10-18)34(32,33)30-15-13-17(14-16-30)24-28-22-7-3-4-8-23(22)29-24/h1-12,17H,13-16H2,(H,27,31)(H,28,29). The van der Waals surface area contributed by atoms with Crippen LogP contribution in [-0.4, -0.2) is 41.7 Å². The third-order valence-electron chi connectivity index (χ3n) is 6.12. The summed E-state index contributed by atoms with van der Waals surface area (Å²) in [5, 5.41) is 2.83. The van der Waals surface area contributed by atoms with E-state index in [0.29, 0.717) is 37.2 Å². The van der Waals surface area contributed by atoms with Crippen LogP contribution in [0, 0.1) is 3.57 Å². The summed E-state index contributed by atoms with van der Waals surface area (Å²) in [6.45, 7) is 0.879. The first kappa shape index (κ1) is 23.0. The molecule has 2 N–H and O–H groups in total. The first-order chi connectivity index (χ1) is 16.4. The number of carbonyl (C=O) groups is 1. The molecule has 0 unspecified atom stereocenters. The molecule has 1 aliphatic rings. The summed E-state index contributed by atoms with van der Waals surface area (Å²) < 4.78 is 28.8. The number of anilines is 1. The van der Waals surface area contributed by atoms with Crippen LogP contribution in [0.15, 0.2) is 77.7 Å². The van der Waals surface area contributed by atoms with E-state index >= 15 is 0 Å². The average molecular weight is 586 g/mol. The number of sulfonamides is 1. The molecule has 9 heteroatoms. The molecule has 1 aromatic heterocycles. The van der Waals surface area contributed by atoms with Crippen LogP contribution in [0.5, 0.6) is 0 Å². The van der Waals surface area contributed by atoms with Crippen molar-refractivity contribution in [2.24, 2.45) is 0 Å². The zero-order valence-electron chi connectivity index (χ0n) is 18.2. The van der Waals surface area contributed by atoms with E-state index in [1.54, 1.807) is 30.3 Å². The Morgan fingerprint density at radius 1 is 0.971 bits per heavy atom. The minimum absolute atomic E-state index is 0.206. The van der Waals surface area contributed by atoms with Gasteiger partial charge in [-0.15, -0.1) is 0 Å². The molecule has 3 aromatic carbocycles. The lowest BCUT2D eigenvalue weighted by Gasteiger charge is -2.30. The van der Waals surface area contributed by atoms with Gasteiger partial charge in [0.1, 0.15) is 5.82 Å². The predicted molar refractivity (Wildman–Crippen MR) is 140 cm³/mol. The lowest BCUT2D eigenvalue weighted by atomic mass is 9.97. The van der Waals surface area contributed by atoms with Crippen LogP contribution in [0.25, 0.3) is 11.0 Å². The van der Waals surface area contributed by atoms with E-state index in [9.17, 15) is 13.2 Å². The molecular formula is C25H23IN4O3S. The van der Waals surface area contributed by atoms with Gasteiger partial charge in [-0.1, -0.05) is 24.3 Å². The summed E-state index contributed by atoms with van der Waals surface area (Å²) in [5.41, 5.74) is 3.06. The molecule has 0 radical (unpaired) electrons. The van der Waals surface area contributed by atoms with Crippen molar-refractivity contribution in [1.29, 1.82) is 0 Å². The van der Waals surface area contributed by atoms with Gasteiger partial charge in [0.2, 0.25) is 10.0 Å². The van der Waals surface area contributed by atoms with Gasteiger partial charge < -0.3 is 10.3 Å². The zero-order chi connectivity index (χ0) is 23.7. The molecule has 0 saturated carbocycles. The number of benzene rings is 3. The number of imidazole rings is 1. The molecule has 5 rings (SSSR count). The van der Waals surface area contributed by atoms with Gasteiger partial charge in [-0.2, -0.15) is 4.31 Å². The number of H-pyrrole nitrogens is 1. The number of amides is 1. The highest BCUT2D eigenvalue weighted by Gasteiger charge is 2.31. The summed E-state index contributed by atoms with van der Waals surface area (Å²) in [4.78, 5) is 20.8. The highest BCUT2D eigenvalue weighted by Crippen LogP contribution is 2.30. The van der Waals surface area contributed by atoms with Crippen LogP contribution in [0.3, 0.4) is 0 Å². The second-order valence-electron chi connectivity index (χ2n) is 8.28. The third-order valence-corrected chi connectivity index (χ3v) is 8.97. The van der Waals surface area contributed by atoms with Gasteiger partial charge in [0.15, 0.2) is 0 Å². The highest BCUT2D eigenvalue weighted by molar-refractivity contribution is 14.1. The number of nitrogens with one attached hydrogen (secondary N) is 2. The van der Waals surface area contributed by atoms with E-state index in [4.69, 9.17) is 0 Å². The predicted octanol–water partition coefficient (Wildman–Crippen LogP) is 4.99. The first-order valence-corrected chi connectivity index (χ1v) is 13.5. The summed E-state index contributed by atoms with van der Waals surface area (Å²) >= 11 is 2.12. The molecule has 1 fully saturated rings. The van der Waals surface area contributed by atoms with E-state index in [2.05, 4.69) is 37.9 Å². The number of aromatic amines is 1. The lowest BCUT2D eigenvalue weighted by Crippen LogP contribution is -2.38. The maximum atomic E-state index is 13.2. The maximum Gasteiger partial charge on any atom is 0.256 e. The number of nitrogens with zero attached hydrogens (tertiary/aromatic N) is 2. The number of hydrogen-bond acceptors (Lipinski definition) is 4. The van der Waals surface area contributed by atoms with Crippen molar-refractivity contribution in [1.82, 2.24) is 14.3 Å². The monoisotopic (exact) mass is 586 g/mol. The van der Waals surface area contributed by atoms with Gasteiger partial charge >= 0.3 is 0 Å². The summed E-state index contributed by atoms with van der Waals surface area (Å²) in [6, 6.07) is 21.6. The molecular weight excluding hydrogens is 563 g/mol. The van der Waals surface area contributed by atoms with Crippen LogP contribution in [0.2, 0.25) is 0 Å². The molecule has 4 aromatic rings. The van der Waals surface area contributed by atoms with Gasteiger partial charge in [-0.05, 0) is 84.0 Å². The van der Waals surface area contributed by atoms with Crippen molar-refractivity contribution in [3.05, 3.63) is 87.8 Å². The molecule has 0 spiro atoms. The van der Waals surface area contributed by atoms with Crippen LogP contribution < -0.4 is 5.32 Å². The van der Waals surface area contributed by atoms with Crippen LogP contribution in [-0.2, 0) is 10.0 Å². The van der Waals surface area contributed by atoms with E-state index in [0.717, 1.165) is 20.4 Å². The third kappa shape index (κ3) is 4.59. The van der Waals surface area contributed by atoms with Gasteiger partial charge in [0.05, 0.1) is 21.5 Å². The maximum absolute atomic E-state index is 13.2. The lowest BCUT2D eigenvalue weighted by molar-refractivity contribution is 0.102. The highest BCUT2D eigenvalue weighted by atomic mass is 127. The SMILES string of the molecule is O=C(Nc1ccc(S(=O)(=O)N2CCC(c3nc4ccccc4[nH]3)CC2)cc1)c1ccccc1I. The fraction of sp³-hybridized carbons (Fsp3) is 0.200. The number of fused-ring (bicyclic) bond motifs is 1. The Bertz CT molecular complexity index is 1410. The Kier molecular flexibility index (Phi) is 6.41. The van der Waals surface area contributed by atoms with Crippen molar-refractivity contribution in [2.45, 2.75) is 23.7 Å². The molecule has 0 atom stereocenters. The molecule has 0 bridgehead atoms. The number of para-hydroxylation sites is 2. The Morgan fingerprint density at radius 2 is 1.65 bits per heavy atom. The number of hydrogen-bond donors (Lipinski definition) is 2. The second-order valence-corrected chi connectivity index (χ2v) is 11.4. The number of halogens is 1.